The van der Waals surface area contributed by atoms with Crippen molar-refractivity contribution in [2.24, 2.45) is 0 Å². The number of nitrogens with one attached hydrogen (secondary N) is 2. The lowest BCUT2D eigenvalue weighted by atomic mass is 10.1. The molecule has 0 aliphatic heterocycles. The highest BCUT2D eigenvalue weighted by Crippen LogP contribution is 2.22. The van der Waals surface area contributed by atoms with Gasteiger partial charge in [0, 0.05) is 44.4 Å². The van der Waals surface area contributed by atoms with Gasteiger partial charge in [-0.1, -0.05) is 38.1 Å². The summed E-state index contributed by atoms with van der Waals surface area (Å²) in [4.78, 5) is 46.5. The molecule has 0 spiro atoms. The van der Waals surface area contributed by atoms with Gasteiger partial charge in [-0.05, 0) is 76.8 Å². The summed E-state index contributed by atoms with van der Waals surface area (Å²) in [5, 5.41) is 0. The maximum absolute atomic E-state index is 12.6. The number of carbonyl (C=O) groups excluding carboxylic acids is 1. The number of imidazole rings is 2. The lowest BCUT2D eigenvalue weighted by Gasteiger charge is -2.27. The van der Waals surface area contributed by atoms with E-state index in [0.717, 1.165) is 76.6 Å². The average molecular weight is 650 g/mol. The van der Waals surface area contributed by atoms with Crippen LogP contribution in [-0.2, 0) is 35.8 Å². The Kier molecular flexibility index (Phi) is 14.5. The van der Waals surface area contributed by atoms with E-state index in [1.165, 1.54) is 11.1 Å². The number of unbranched alkanes of at least 4 members (excludes halogenated alkanes) is 1. The Bertz CT molecular complexity index is 1480. The molecule has 4 rings (SSSR count). The van der Waals surface area contributed by atoms with Crippen LogP contribution in [0.2, 0.25) is 0 Å². The minimum Gasteiger partial charge on any atom is -0.457 e. The van der Waals surface area contributed by atoms with Crippen LogP contribution in [0.25, 0.3) is 0 Å². The number of aromatic amines is 2. The molecule has 1 unspecified atom stereocenters. The predicted molar refractivity (Wildman–Crippen MR) is 179 cm³/mol. The van der Waals surface area contributed by atoms with Gasteiger partial charge >= 0.3 is 11.8 Å². The maximum Gasteiger partial charge on any atom is 0.519 e. The van der Waals surface area contributed by atoms with Crippen molar-refractivity contribution in [3.8, 4) is 0 Å². The summed E-state index contributed by atoms with van der Waals surface area (Å²) in [5.74, 6) is 1.26. The SMILES string of the molecule is CCCN(CCC)CCCCN(CCC(=O)OCc1oc(=O)oc1C)Cc1ccc(CN(Cc2ncc[nH]2)C(C)c2ncc[nH]2)cc1. The molecule has 0 aliphatic carbocycles. The molecule has 2 N–H and O–H groups in total. The van der Waals surface area contributed by atoms with Gasteiger partial charge in [-0.25, -0.2) is 14.8 Å². The fraction of sp³-hybridized carbons (Fsp3) is 0.543. The Morgan fingerprint density at radius 3 is 2.11 bits per heavy atom. The van der Waals surface area contributed by atoms with Gasteiger partial charge in [0.15, 0.2) is 18.1 Å². The molecule has 1 aromatic carbocycles. The topological polar surface area (TPSA) is 137 Å². The third kappa shape index (κ3) is 11.9. The van der Waals surface area contributed by atoms with E-state index in [0.29, 0.717) is 18.8 Å². The molecule has 4 aromatic rings. The van der Waals surface area contributed by atoms with Crippen LogP contribution in [0.3, 0.4) is 0 Å². The Hall–Kier alpha value is -4.00. The summed E-state index contributed by atoms with van der Waals surface area (Å²) < 4.78 is 15.2. The minimum absolute atomic E-state index is 0.0732. The van der Waals surface area contributed by atoms with E-state index in [-0.39, 0.29) is 30.8 Å². The smallest absolute Gasteiger partial charge is 0.457 e. The zero-order valence-electron chi connectivity index (χ0n) is 28.4. The maximum atomic E-state index is 12.6. The highest BCUT2D eigenvalue weighted by molar-refractivity contribution is 5.69. The molecule has 0 radical (unpaired) electrons. The van der Waals surface area contributed by atoms with Crippen molar-refractivity contribution in [3.63, 3.8) is 0 Å². The van der Waals surface area contributed by atoms with Gasteiger partial charge in [0.25, 0.3) is 0 Å². The molecule has 256 valence electrons. The van der Waals surface area contributed by atoms with Crippen LogP contribution in [0.15, 0.2) is 62.7 Å². The third-order valence-corrected chi connectivity index (χ3v) is 8.30. The van der Waals surface area contributed by atoms with Crippen LogP contribution in [0, 0.1) is 6.92 Å². The Balaban J connectivity index is 1.36. The number of carbonyl (C=O) groups is 1. The van der Waals surface area contributed by atoms with Gasteiger partial charge in [0.1, 0.15) is 11.6 Å². The van der Waals surface area contributed by atoms with Crippen LogP contribution < -0.4 is 5.82 Å². The molecule has 3 heterocycles. The van der Waals surface area contributed by atoms with Crippen molar-refractivity contribution < 1.29 is 18.4 Å². The number of ether oxygens (including phenoxy) is 1. The first kappa shape index (κ1) is 35.8. The third-order valence-electron chi connectivity index (χ3n) is 8.30. The van der Waals surface area contributed by atoms with E-state index in [1.54, 1.807) is 19.3 Å². The van der Waals surface area contributed by atoms with Crippen LogP contribution in [0.1, 0.15) is 93.2 Å². The van der Waals surface area contributed by atoms with E-state index in [1.807, 2.05) is 12.4 Å². The number of esters is 1. The van der Waals surface area contributed by atoms with Gasteiger partial charge in [-0.2, -0.15) is 0 Å². The van der Waals surface area contributed by atoms with E-state index in [4.69, 9.17) is 13.6 Å². The molecular weight excluding hydrogens is 598 g/mol. The molecule has 0 saturated carbocycles. The monoisotopic (exact) mass is 649 g/mol. The van der Waals surface area contributed by atoms with Crippen molar-refractivity contribution in [1.29, 1.82) is 0 Å². The standard InChI is InChI=1S/C35H51N7O5/c1-5-18-40(19-6-2)20-7-8-21-41(22-13-33(43)45-26-31-28(4)46-35(44)47-31)23-29-9-11-30(12-10-29)24-42(25-32-36-14-15-37-32)27(3)34-38-16-17-39-34/h9-12,14-17,27H,5-8,13,18-26H2,1-4H3,(H,36,37)(H,38,39). The number of hydrogen-bond donors (Lipinski definition) is 2. The first-order chi connectivity index (χ1) is 22.8. The van der Waals surface area contributed by atoms with Crippen LogP contribution in [0.4, 0.5) is 0 Å². The fourth-order valence-corrected chi connectivity index (χ4v) is 5.71. The minimum atomic E-state index is -0.792. The second-order valence-electron chi connectivity index (χ2n) is 12.1. The van der Waals surface area contributed by atoms with E-state index in [2.05, 4.69) is 79.7 Å². The van der Waals surface area contributed by atoms with Crippen molar-refractivity contribution in [1.82, 2.24) is 34.6 Å². The number of H-pyrrole nitrogens is 2. The number of rotatable bonds is 22. The number of aryl methyl sites for hydroxylation is 1. The van der Waals surface area contributed by atoms with Gasteiger partial charge in [0.05, 0.1) is 19.0 Å². The molecule has 47 heavy (non-hydrogen) atoms. The second kappa shape index (κ2) is 19.0. The first-order valence-corrected chi connectivity index (χ1v) is 16.8. The van der Waals surface area contributed by atoms with Crippen LogP contribution in [0.5, 0.6) is 0 Å². The molecule has 0 saturated heterocycles. The van der Waals surface area contributed by atoms with E-state index in [9.17, 15) is 9.59 Å². The largest absolute Gasteiger partial charge is 0.519 e. The summed E-state index contributed by atoms with van der Waals surface area (Å²) in [6.45, 7) is 15.0. The molecule has 0 fully saturated rings. The predicted octanol–water partition coefficient (Wildman–Crippen LogP) is 5.59. The molecule has 0 bridgehead atoms. The van der Waals surface area contributed by atoms with E-state index >= 15 is 0 Å². The van der Waals surface area contributed by atoms with Crippen molar-refractivity contribution in [2.45, 2.75) is 92.1 Å². The van der Waals surface area contributed by atoms with Crippen LogP contribution in [-0.4, -0.2) is 73.3 Å². The van der Waals surface area contributed by atoms with Crippen LogP contribution >= 0.6 is 0 Å². The molecule has 0 aliphatic rings. The first-order valence-electron chi connectivity index (χ1n) is 16.8. The molecule has 0 amide bonds. The average Bonchev–Trinajstić information content (AvgIpc) is 3.84. The van der Waals surface area contributed by atoms with Gasteiger partial charge in [0.2, 0.25) is 0 Å². The highest BCUT2D eigenvalue weighted by atomic mass is 16.6. The summed E-state index contributed by atoms with van der Waals surface area (Å²) in [7, 11) is 0. The zero-order valence-corrected chi connectivity index (χ0v) is 28.4. The second-order valence-corrected chi connectivity index (χ2v) is 12.1. The number of benzene rings is 1. The lowest BCUT2D eigenvalue weighted by Crippen LogP contribution is -2.30. The molecular formula is C35H51N7O5. The van der Waals surface area contributed by atoms with E-state index < -0.39 is 5.82 Å². The Morgan fingerprint density at radius 2 is 1.51 bits per heavy atom. The van der Waals surface area contributed by atoms with Crippen molar-refractivity contribution >= 4 is 5.97 Å². The number of nitrogens with zero attached hydrogens (tertiary/aromatic N) is 5. The highest BCUT2D eigenvalue weighted by Gasteiger charge is 2.20. The Morgan fingerprint density at radius 1 is 0.851 bits per heavy atom. The quantitative estimate of drug-likeness (QED) is 0.0819. The molecule has 1 atom stereocenters. The van der Waals surface area contributed by atoms with Crippen molar-refractivity contribution in [3.05, 3.63) is 94.0 Å². The summed E-state index contributed by atoms with van der Waals surface area (Å²) in [6, 6.07) is 8.79. The fourth-order valence-electron chi connectivity index (χ4n) is 5.71. The summed E-state index contributed by atoms with van der Waals surface area (Å²) in [6.07, 6.45) is 12.0. The zero-order chi connectivity index (χ0) is 33.4. The van der Waals surface area contributed by atoms with Gasteiger partial charge in [-0.3, -0.25) is 14.6 Å². The van der Waals surface area contributed by atoms with Gasteiger partial charge < -0.3 is 28.4 Å². The molecule has 3 aromatic heterocycles. The number of hydrogen-bond acceptors (Lipinski definition) is 10. The Labute approximate surface area is 277 Å². The summed E-state index contributed by atoms with van der Waals surface area (Å²) in [5.41, 5.74) is 2.38. The molecule has 12 heteroatoms. The molecule has 12 nitrogen and oxygen atoms in total. The van der Waals surface area contributed by atoms with Gasteiger partial charge in [-0.15, -0.1) is 0 Å². The normalized spacial score (nSPS) is 12.4. The van der Waals surface area contributed by atoms with Crippen molar-refractivity contribution in [2.75, 3.05) is 32.7 Å². The summed E-state index contributed by atoms with van der Waals surface area (Å²) >= 11 is 0. The number of aromatic nitrogens is 4. The lowest BCUT2D eigenvalue weighted by molar-refractivity contribution is -0.145.